The Balaban J connectivity index is 1.42. The van der Waals surface area contributed by atoms with Crippen LogP contribution in [0.25, 0.3) is 0 Å². The van der Waals surface area contributed by atoms with E-state index in [2.05, 4.69) is 45.3 Å². The number of likely N-dealkylation sites (N-methyl/N-ethyl adjacent to an activating group) is 1. The number of guanidine groups is 1. The molecule has 0 unspecified atom stereocenters. The van der Waals surface area contributed by atoms with Gasteiger partial charge in [-0.05, 0) is 43.3 Å². The van der Waals surface area contributed by atoms with Gasteiger partial charge in [-0.3, -0.25) is 0 Å². The van der Waals surface area contributed by atoms with E-state index in [4.69, 9.17) is 14.5 Å². The van der Waals surface area contributed by atoms with Gasteiger partial charge in [-0.1, -0.05) is 6.92 Å². The molecule has 32 heavy (non-hydrogen) atoms. The Labute approximate surface area is 190 Å². The fourth-order valence-electron chi connectivity index (χ4n) is 3.88. The number of hydrogen-bond acceptors (Lipinski definition) is 6. The molecule has 8 nitrogen and oxygen atoms in total. The van der Waals surface area contributed by atoms with Crippen molar-refractivity contribution < 1.29 is 9.47 Å². The van der Waals surface area contributed by atoms with Crippen molar-refractivity contribution in [2.75, 3.05) is 62.7 Å². The lowest BCUT2D eigenvalue weighted by molar-refractivity contribution is 0.270. The summed E-state index contributed by atoms with van der Waals surface area (Å²) in [6.45, 7) is 12.3. The summed E-state index contributed by atoms with van der Waals surface area (Å²) in [6.07, 6.45) is 2.78. The van der Waals surface area contributed by atoms with Crippen molar-refractivity contribution in [3.05, 3.63) is 42.1 Å². The van der Waals surface area contributed by atoms with Crippen LogP contribution >= 0.6 is 0 Å². The van der Waals surface area contributed by atoms with Crippen molar-refractivity contribution in [3.8, 4) is 11.5 Å². The van der Waals surface area contributed by atoms with Gasteiger partial charge in [0.1, 0.15) is 5.82 Å². The molecule has 4 rings (SSSR count). The van der Waals surface area contributed by atoms with Gasteiger partial charge in [-0.2, -0.15) is 0 Å². The average Bonchev–Trinajstić information content (AvgIpc) is 3.08. The SMILES string of the molecule is CCNC(=NCc1ccnc(N2CCN(CC)CC2)c1)Nc1ccc2c(c1)OCCCO2. The first-order valence-electron chi connectivity index (χ1n) is 11.6. The number of ether oxygens (including phenoxy) is 2. The lowest BCUT2D eigenvalue weighted by atomic mass is 10.2. The topological polar surface area (TPSA) is 74.3 Å². The molecule has 3 heterocycles. The second-order valence-electron chi connectivity index (χ2n) is 7.98. The van der Waals surface area contributed by atoms with Gasteiger partial charge >= 0.3 is 0 Å². The van der Waals surface area contributed by atoms with Gasteiger partial charge in [0.05, 0.1) is 19.8 Å². The minimum atomic E-state index is 0.574. The summed E-state index contributed by atoms with van der Waals surface area (Å²) in [5.41, 5.74) is 2.06. The smallest absolute Gasteiger partial charge is 0.196 e. The van der Waals surface area contributed by atoms with Gasteiger partial charge in [-0.25, -0.2) is 9.98 Å². The van der Waals surface area contributed by atoms with Crippen LogP contribution in [0.1, 0.15) is 25.8 Å². The molecule has 0 bridgehead atoms. The van der Waals surface area contributed by atoms with Crippen molar-refractivity contribution in [2.45, 2.75) is 26.8 Å². The number of aromatic nitrogens is 1. The number of rotatable bonds is 6. The molecule has 8 heteroatoms. The Morgan fingerprint density at radius 3 is 2.62 bits per heavy atom. The summed E-state index contributed by atoms with van der Waals surface area (Å²) in [6, 6.07) is 10.1. The predicted molar refractivity (Wildman–Crippen MR) is 129 cm³/mol. The van der Waals surface area contributed by atoms with E-state index in [1.807, 2.05) is 30.5 Å². The van der Waals surface area contributed by atoms with E-state index >= 15 is 0 Å². The summed E-state index contributed by atoms with van der Waals surface area (Å²) < 4.78 is 11.5. The first kappa shape index (κ1) is 22.2. The number of anilines is 2. The number of hydrogen-bond donors (Lipinski definition) is 2. The second kappa shape index (κ2) is 11.0. The fraction of sp³-hybridized carbons (Fsp3) is 0.500. The van der Waals surface area contributed by atoms with E-state index in [1.165, 1.54) is 0 Å². The van der Waals surface area contributed by atoms with Gasteiger partial charge in [0, 0.05) is 57.1 Å². The molecule has 2 aliphatic rings. The zero-order valence-electron chi connectivity index (χ0n) is 19.1. The minimum Gasteiger partial charge on any atom is -0.490 e. The van der Waals surface area contributed by atoms with Crippen LogP contribution in [0.4, 0.5) is 11.5 Å². The zero-order chi connectivity index (χ0) is 22.2. The van der Waals surface area contributed by atoms with Crippen LogP contribution in [0.15, 0.2) is 41.5 Å². The number of benzene rings is 1. The third-order valence-corrected chi connectivity index (χ3v) is 5.73. The Kier molecular flexibility index (Phi) is 7.66. The molecule has 1 saturated heterocycles. The number of piperazine rings is 1. The van der Waals surface area contributed by atoms with Crippen LogP contribution in [-0.4, -0.2) is 68.3 Å². The number of aliphatic imine (C=N–C) groups is 1. The third kappa shape index (κ3) is 5.82. The maximum Gasteiger partial charge on any atom is 0.196 e. The molecular formula is C24H34N6O2. The van der Waals surface area contributed by atoms with Gasteiger partial charge in [0.15, 0.2) is 17.5 Å². The highest BCUT2D eigenvalue weighted by Gasteiger charge is 2.17. The van der Waals surface area contributed by atoms with Gasteiger partial charge in [0.2, 0.25) is 0 Å². The van der Waals surface area contributed by atoms with Crippen LogP contribution in [0.3, 0.4) is 0 Å². The maximum atomic E-state index is 5.80. The quantitative estimate of drug-likeness (QED) is 0.531. The summed E-state index contributed by atoms with van der Waals surface area (Å²) in [4.78, 5) is 14.2. The second-order valence-corrected chi connectivity index (χ2v) is 7.98. The van der Waals surface area contributed by atoms with Crippen molar-refractivity contribution in [1.29, 1.82) is 0 Å². The summed E-state index contributed by atoms with van der Waals surface area (Å²) in [5.74, 6) is 3.33. The molecule has 2 aliphatic heterocycles. The minimum absolute atomic E-state index is 0.574. The Morgan fingerprint density at radius 2 is 1.84 bits per heavy atom. The summed E-state index contributed by atoms with van der Waals surface area (Å²) in [5, 5.41) is 6.70. The molecule has 0 aliphatic carbocycles. The molecule has 2 aromatic rings. The average molecular weight is 439 g/mol. The standard InChI is InChI=1S/C24H34N6O2/c1-3-25-24(28-20-6-7-21-22(17-20)32-15-5-14-31-21)27-18-19-8-9-26-23(16-19)30-12-10-29(4-2)11-13-30/h6-9,16-17H,3-5,10-15,18H2,1-2H3,(H2,25,27,28). The van der Waals surface area contributed by atoms with E-state index in [-0.39, 0.29) is 0 Å². The Hall–Kier alpha value is -3.00. The van der Waals surface area contributed by atoms with Gasteiger partial charge in [0.25, 0.3) is 0 Å². The van der Waals surface area contributed by atoms with Gasteiger partial charge < -0.3 is 29.9 Å². The Bertz CT molecular complexity index is 911. The van der Waals surface area contributed by atoms with E-state index < -0.39 is 0 Å². The van der Waals surface area contributed by atoms with Crippen LogP contribution < -0.4 is 25.0 Å². The van der Waals surface area contributed by atoms with E-state index in [0.717, 1.165) is 80.2 Å². The normalized spacial score (nSPS) is 17.1. The van der Waals surface area contributed by atoms with Crippen molar-refractivity contribution >= 4 is 17.5 Å². The largest absolute Gasteiger partial charge is 0.490 e. The highest BCUT2D eigenvalue weighted by atomic mass is 16.5. The molecule has 172 valence electrons. The first-order valence-corrected chi connectivity index (χ1v) is 11.6. The van der Waals surface area contributed by atoms with E-state index in [9.17, 15) is 0 Å². The monoisotopic (exact) mass is 438 g/mol. The first-order chi connectivity index (χ1) is 15.7. The number of nitrogens with one attached hydrogen (secondary N) is 2. The molecule has 1 fully saturated rings. The number of pyridine rings is 1. The van der Waals surface area contributed by atoms with E-state index in [0.29, 0.717) is 19.8 Å². The molecule has 0 atom stereocenters. The summed E-state index contributed by atoms with van der Waals surface area (Å²) >= 11 is 0. The van der Waals surface area contributed by atoms with E-state index in [1.54, 1.807) is 0 Å². The molecule has 1 aromatic carbocycles. The number of fused-ring (bicyclic) bond motifs is 1. The molecular weight excluding hydrogens is 404 g/mol. The van der Waals surface area contributed by atoms with Crippen LogP contribution in [-0.2, 0) is 6.54 Å². The molecule has 2 N–H and O–H groups in total. The van der Waals surface area contributed by atoms with Crippen LogP contribution in [0, 0.1) is 0 Å². The molecule has 0 saturated carbocycles. The third-order valence-electron chi connectivity index (χ3n) is 5.73. The van der Waals surface area contributed by atoms with Crippen molar-refractivity contribution in [3.63, 3.8) is 0 Å². The lowest BCUT2D eigenvalue weighted by Crippen LogP contribution is -2.46. The highest BCUT2D eigenvalue weighted by molar-refractivity contribution is 5.93. The maximum absolute atomic E-state index is 5.80. The molecule has 0 spiro atoms. The van der Waals surface area contributed by atoms with Crippen LogP contribution in [0.2, 0.25) is 0 Å². The molecule has 1 aromatic heterocycles. The molecule has 0 amide bonds. The van der Waals surface area contributed by atoms with Crippen LogP contribution in [0.5, 0.6) is 11.5 Å². The van der Waals surface area contributed by atoms with Crippen molar-refractivity contribution in [1.82, 2.24) is 15.2 Å². The Morgan fingerprint density at radius 1 is 1.03 bits per heavy atom. The lowest BCUT2D eigenvalue weighted by Gasteiger charge is -2.34. The number of nitrogens with zero attached hydrogens (tertiary/aromatic N) is 4. The fourth-order valence-corrected chi connectivity index (χ4v) is 3.88. The van der Waals surface area contributed by atoms with Gasteiger partial charge in [-0.15, -0.1) is 0 Å². The van der Waals surface area contributed by atoms with Crippen molar-refractivity contribution in [2.24, 2.45) is 4.99 Å². The zero-order valence-corrected chi connectivity index (χ0v) is 19.1. The highest BCUT2D eigenvalue weighted by Crippen LogP contribution is 2.32. The molecule has 0 radical (unpaired) electrons. The predicted octanol–water partition coefficient (Wildman–Crippen LogP) is 2.96. The summed E-state index contributed by atoms with van der Waals surface area (Å²) in [7, 11) is 0.